The minimum Gasteiger partial charge on any atom is -0.356 e. The highest BCUT2D eigenvalue weighted by Gasteiger charge is 2.06. The first kappa shape index (κ1) is 23.7. The van der Waals surface area contributed by atoms with Crippen LogP contribution < -0.4 is 10.6 Å². The quantitative estimate of drug-likeness (QED) is 0.242. The zero-order valence-electron chi connectivity index (χ0n) is 17.8. The second-order valence-electron chi connectivity index (χ2n) is 6.76. The number of carbonyl (C=O) groups is 1. The van der Waals surface area contributed by atoms with Gasteiger partial charge in [0.15, 0.2) is 5.96 Å². The van der Waals surface area contributed by atoms with Gasteiger partial charge in [-0.25, -0.2) is 9.38 Å². The van der Waals surface area contributed by atoms with Gasteiger partial charge < -0.3 is 20.1 Å². The number of likely N-dealkylation sites (N-methyl/N-ethyl adjacent to an activating group) is 1. The van der Waals surface area contributed by atoms with Crippen molar-refractivity contribution in [3.05, 3.63) is 42.2 Å². The third-order valence-electron chi connectivity index (χ3n) is 4.22. The Balaban J connectivity index is 1.79. The van der Waals surface area contributed by atoms with E-state index in [0.717, 1.165) is 29.3 Å². The molecule has 1 amide bonds. The van der Waals surface area contributed by atoms with Crippen molar-refractivity contribution in [1.29, 1.82) is 0 Å². The Morgan fingerprint density at radius 3 is 2.67 bits per heavy atom. The van der Waals surface area contributed by atoms with Crippen molar-refractivity contribution in [3.63, 3.8) is 0 Å². The summed E-state index contributed by atoms with van der Waals surface area (Å²) in [5.41, 5.74) is 0. The van der Waals surface area contributed by atoms with Crippen LogP contribution >= 0.6 is 11.8 Å². The van der Waals surface area contributed by atoms with Gasteiger partial charge >= 0.3 is 0 Å². The number of benzene rings is 1. The summed E-state index contributed by atoms with van der Waals surface area (Å²) in [6.45, 7) is 4.18. The van der Waals surface area contributed by atoms with Crippen molar-refractivity contribution in [1.82, 2.24) is 30.3 Å². The number of amides is 1. The largest absolute Gasteiger partial charge is 0.356 e. The predicted octanol–water partition coefficient (Wildman–Crippen LogP) is 1.79. The second-order valence-corrected chi connectivity index (χ2v) is 7.92. The number of carbonyl (C=O) groups excluding carboxylic acids is 1. The van der Waals surface area contributed by atoms with Crippen LogP contribution in [0.4, 0.5) is 4.39 Å². The molecule has 1 heterocycles. The summed E-state index contributed by atoms with van der Waals surface area (Å²) in [7, 11) is 3.42. The molecule has 0 aliphatic carbocycles. The molecular weight excluding hydrogens is 405 g/mol. The molecule has 164 valence electrons. The van der Waals surface area contributed by atoms with Crippen LogP contribution in [0.15, 0.2) is 40.5 Å². The van der Waals surface area contributed by atoms with Gasteiger partial charge in [-0.15, -0.1) is 22.0 Å². The summed E-state index contributed by atoms with van der Waals surface area (Å²) in [6.07, 6.45) is 3.44. The monoisotopic (exact) mass is 435 g/mol. The van der Waals surface area contributed by atoms with Gasteiger partial charge in [-0.05, 0) is 36.4 Å². The number of thioether (sulfide) groups is 1. The number of rotatable bonds is 11. The fourth-order valence-corrected chi connectivity index (χ4v) is 3.35. The van der Waals surface area contributed by atoms with Gasteiger partial charge in [-0.2, -0.15) is 0 Å². The molecule has 0 atom stereocenters. The number of aliphatic imine (C=N–C) groups is 1. The first-order valence-corrected chi connectivity index (χ1v) is 11.0. The van der Waals surface area contributed by atoms with E-state index in [4.69, 9.17) is 0 Å². The Labute approximate surface area is 181 Å². The lowest BCUT2D eigenvalue weighted by molar-refractivity contribution is -0.127. The molecular formula is C20H30FN7OS. The topological polar surface area (TPSA) is 87.4 Å². The fourth-order valence-electron chi connectivity index (χ4n) is 2.50. The highest BCUT2D eigenvalue weighted by molar-refractivity contribution is 7.99. The summed E-state index contributed by atoms with van der Waals surface area (Å²) < 4.78 is 15.0. The van der Waals surface area contributed by atoms with E-state index in [1.807, 2.05) is 11.5 Å². The van der Waals surface area contributed by atoms with Crippen LogP contribution in [0.5, 0.6) is 0 Å². The molecule has 30 heavy (non-hydrogen) atoms. The molecule has 0 bridgehead atoms. The Kier molecular flexibility index (Phi) is 10.1. The fraction of sp³-hybridized carbons (Fsp3) is 0.500. The lowest BCUT2D eigenvalue weighted by atomic mass is 10.4. The lowest BCUT2D eigenvalue weighted by Crippen LogP contribution is -2.40. The van der Waals surface area contributed by atoms with Gasteiger partial charge in [0.1, 0.15) is 24.5 Å². The molecule has 10 heteroatoms. The number of aryl methyl sites for hydroxylation is 1. The SMILES string of the molecule is CCc1nncn1CCNC(=NCC(=O)N(C)C)NCCCSc1ccc(F)cc1. The van der Waals surface area contributed by atoms with E-state index in [1.165, 1.54) is 17.0 Å². The summed E-state index contributed by atoms with van der Waals surface area (Å²) in [5, 5.41) is 14.5. The molecule has 0 fully saturated rings. The molecule has 0 saturated heterocycles. The molecule has 0 radical (unpaired) electrons. The highest BCUT2D eigenvalue weighted by atomic mass is 32.2. The highest BCUT2D eigenvalue weighted by Crippen LogP contribution is 2.18. The zero-order chi connectivity index (χ0) is 21.8. The third-order valence-corrected chi connectivity index (χ3v) is 5.32. The molecule has 0 spiro atoms. The number of aromatic nitrogens is 3. The van der Waals surface area contributed by atoms with E-state index in [2.05, 4.69) is 25.8 Å². The maximum atomic E-state index is 13.0. The zero-order valence-corrected chi connectivity index (χ0v) is 18.6. The van der Waals surface area contributed by atoms with Gasteiger partial charge in [0, 0.05) is 45.0 Å². The molecule has 0 aliphatic rings. The average Bonchev–Trinajstić information content (AvgIpc) is 3.19. The van der Waals surface area contributed by atoms with Crippen molar-refractivity contribution in [3.8, 4) is 0 Å². The third kappa shape index (κ3) is 8.40. The standard InChI is InChI=1S/C20H30FN7OS/c1-4-18-26-25-15-28(18)12-11-23-20(24-14-19(29)27(2)3)22-10-5-13-30-17-8-6-16(21)7-9-17/h6-9,15H,4-5,10-14H2,1-3H3,(H2,22,23,24). The number of nitrogens with one attached hydrogen (secondary N) is 2. The van der Waals surface area contributed by atoms with Crippen LogP contribution in [0.2, 0.25) is 0 Å². The molecule has 0 saturated carbocycles. The minimum absolute atomic E-state index is 0.0601. The van der Waals surface area contributed by atoms with Crippen LogP contribution in [-0.4, -0.2) is 71.0 Å². The lowest BCUT2D eigenvalue weighted by Gasteiger charge is -2.14. The van der Waals surface area contributed by atoms with E-state index in [9.17, 15) is 9.18 Å². The molecule has 0 unspecified atom stereocenters. The first-order valence-electron chi connectivity index (χ1n) is 9.97. The maximum absolute atomic E-state index is 13.0. The van der Waals surface area contributed by atoms with Crippen molar-refractivity contribution in [2.24, 2.45) is 4.99 Å². The molecule has 1 aromatic carbocycles. The Bertz CT molecular complexity index is 808. The van der Waals surface area contributed by atoms with Crippen LogP contribution in [0.1, 0.15) is 19.2 Å². The molecule has 1 aromatic heterocycles. The van der Waals surface area contributed by atoms with Gasteiger partial charge in [0.25, 0.3) is 0 Å². The summed E-state index contributed by atoms with van der Waals surface area (Å²) in [4.78, 5) is 18.8. The second kappa shape index (κ2) is 12.8. The summed E-state index contributed by atoms with van der Waals surface area (Å²) in [6, 6.07) is 6.50. The van der Waals surface area contributed by atoms with E-state index in [0.29, 0.717) is 25.6 Å². The van der Waals surface area contributed by atoms with Gasteiger partial charge in [0.05, 0.1) is 0 Å². The molecule has 2 rings (SSSR count). The van der Waals surface area contributed by atoms with Gasteiger partial charge in [-0.1, -0.05) is 6.92 Å². The smallest absolute Gasteiger partial charge is 0.243 e. The first-order chi connectivity index (χ1) is 14.5. The minimum atomic E-state index is -0.224. The van der Waals surface area contributed by atoms with E-state index in [-0.39, 0.29) is 18.3 Å². The average molecular weight is 436 g/mol. The van der Waals surface area contributed by atoms with Crippen molar-refractivity contribution >= 4 is 23.6 Å². The normalized spacial score (nSPS) is 11.4. The Morgan fingerprint density at radius 1 is 1.23 bits per heavy atom. The number of hydrogen-bond acceptors (Lipinski definition) is 5. The Hall–Kier alpha value is -2.62. The van der Waals surface area contributed by atoms with Gasteiger partial charge in [-0.3, -0.25) is 4.79 Å². The molecule has 2 aromatic rings. The van der Waals surface area contributed by atoms with Crippen LogP contribution in [0, 0.1) is 5.82 Å². The maximum Gasteiger partial charge on any atom is 0.243 e. The van der Waals surface area contributed by atoms with Crippen LogP contribution in [0.3, 0.4) is 0 Å². The van der Waals surface area contributed by atoms with Crippen molar-refractivity contribution < 1.29 is 9.18 Å². The molecule has 0 aliphatic heterocycles. The number of halogens is 1. The number of guanidine groups is 1. The van der Waals surface area contributed by atoms with E-state index in [1.54, 1.807) is 44.3 Å². The molecule has 2 N–H and O–H groups in total. The molecule has 8 nitrogen and oxygen atoms in total. The van der Waals surface area contributed by atoms with Crippen LogP contribution in [0.25, 0.3) is 0 Å². The summed E-state index contributed by atoms with van der Waals surface area (Å²) in [5.74, 6) is 2.14. The van der Waals surface area contributed by atoms with Gasteiger partial charge in [0.2, 0.25) is 5.91 Å². The number of nitrogens with zero attached hydrogens (tertiary/aromatic N) is 5. The van der Waals surface area contributed by atoms with Crippen molar-refractivity contribution in [2.75, 3.05) is 39.5 Å². The van der Waals surface area contributed by atoms with E-state index >= 15 is 0 Å². The van der Waals surface area contributed by atoms with E-state index < -0.39 is 0 Å². The summed E-state index contributed by atoms with van der Waals surface area (Å²) >= 11 is 1.68. The Morgan fingerprint density at radius 2 is 1.97 bits per heavy atom. The number of hydrogen-bond donors (Lipinski definition) is 2. The van der Waals surface area contributed by atoms with Crippen LogP contribution in [-0.2, 0) is 17.8 Å². The van der Waals surface area contributed by atoms with Crippen molar-refractivity contribution in [2.45, 2.75) is 31.2 Å². The predicted molar refractivity (Wildman–Crippen MR) is 118 cm³/mol.